The molecule has 0 radical (unpaired) electrons. The van der Waals surface area contributed by atoms with Crippen LogP contribution in [0.25, 0.3) is 22.6 Å². The lowest BCUT2D eigenvalue weighted by Gasteiger charge is -2.16. The average molecular weight is 464 g/mol. The molecule has 11 heteroatoms. The fraction of sp³-hybridized carbons (Fsp3) is 0.478. The van der Waals surface area contributed by atoms with Crippen molar-refractivity contribution >= 4 is 17.1 Å². The van der Waals surface area contributed by atoms with Crippen molar-refractivity contribution in [2.45, 2.75) is 52.8 Å². The number of rotatable bonds is 6. The number of hydrogen-bond donors (Lipinski definition) is 0. The lowest BCUT2D eigenvalue weighted by molar-refractivity contribution is 0.0771. The van der Waals surface area contributed by atoms with Crippen LogP contribution in [-0.2, 0) is 13.6 Å². The highest BCUT2D eigenvalue weighted by atomic mass is 16.5. The Balaban J connectivity index is 1.36. The lowest BCUT2D eigenvalue weighted by atomic mass is 10.2. The topological polar surface area (TPSA) is 109 Å². The molecule has 1 unspecified atom stereocenters. The number of carbonyl (C=O) groups is 1. The molecule has 5 rings (SSSR count). The Morgan fingerprint density at radius 1 is 1.24 bits per heavy atom. The van der Waals surface area contributed by atoms with Crippen molar-refractivity contribution in [3.63, 3.8) is 0 Å². The van der Waals surface area contributed by atoms with Gasteiger partial charge in [0.15, 0.2) is 11.2 Å². The number of ether oxygens (including phenoxy) is 1. The summed E-state index contributed by atoms with van der Waals surface area (Å²) >= 11 is 0. The van der Waals surface area contributed by atoms with E-state index in [-0.39, 0.29) is 18.1 Å². The molecule has 1 amide bonds. The van der Waals surface area contributed by atoms with Crippen molar-refractivity contribution in [1.29, 1.82) is 0 Å². The molecule has 4 aromatic heterocycles. The van der Waals surface area contributed by atoms with E-state index >= 15 is 0 Å². The third-order valence-corrected chi connectivity index (χ3v) is 6.35. The first kappa shape index (κ1) is 22.1. The Morgan fingerprint density at radius 2 is 2.06 bits per heavy atom. The molecule has 0 aliphatic carbocycles. The minimum atomic E-state index is -0.169. The molecule has 0 N–H and O–H groups in total. The molecular weight excluding hydrogens is 434 g/mol. The van der Waals surface area contributed by atoms with E-state index in [4.69, 9.17) is 9.72 Å². The number of fused-ring (bicyclic) bond motifs is 1. The summed E-state index contributed by atoms with van der Waals surface area (Å²) in [5, 5.41) is 8.72. The maximum Gasteiger partial charge on any atom is 0.257 e. The smallest absolute Gasteiger partial charge is 0.257 e. The summed E-state index contributed by atoms with van der Waals surface area (Å²) in [7, 11) is 1.93. The number of aromatic nitrogens is 8. The Kier molecular flexibility index (Phi) is 5.54. The zero-order valence-electron chi connectivity index (χ0n) is 20.1. The normalized spacial score (nSPS) is 16.2. The van der Waals surface area contributed by atoms with Gasteiger partial charge in [0, 0.05) is 44.5 Å². The van der Waals surface area contributed by atoms with E-state index in [1.165, 1.54) is 6.33 Å². The highest BCUT2D eigenvalue weighted by Crippen LogP contribution is 2.30. The third-order valence-electron chi connectivity index (χ3n) is 6.35. The van der Waals surface area contributed by atoms with Crippen LogP contribution < -0.4 is 4.74 Å². The molecule has 0 spiro atoms. The van der Waals surface area contributed by atoms with E-state index < -0.39 is 0 Å². The van der Waals surface area contributed by atoms with Gasteiger partial charge in [-0.1, -0.05) is 0 Å². The fourth-order valence-electron chi connectivity index (χ4n) is 4.37. The third kappa shape index (κ3) is 3.70. The molecule has 1 fully saturated rings. The summed E-state index contributed by atoms with van der Waals surface area (Å²) in [4.78, 5) is 28.3. The molecule has 0 bridgehead atoms. The van der Waals surface area contributed by atoms with Gasteiger partial charge < -0.3 is 14.2 Å². The molecule has 5 heterocycles. The van der Waals surface area contributed by atoms with Crippen LogP contribution in [0.1, 0.15) is 49.3 Å². The van der Waals surface area contributed by atoms with Gasteiger partial charge in [-0.15, -0.1) is 0 Å². The van der Waals surface area contributed by atoms with Crippen LogP contribution >= 0.6 is 0 Å². The van der Waals surface area contributed by atoms with Crippen molar-refractivity contribution in [2.75, 3.05) is 13.1 Å². The monoisotopic (exact) mass is 463 g/mol. The van der Waals surface area contributed by atoms with E-state index in [1.807, 2.05) is 43.3 Å². The Hall–Kier alpha value is -3.76. The number of hydrogen-bond acceptors (Lipinski definition) is 7. The van der Waals surface area contributed by atoms with Crippen LogP contribution in [-0.4, -0.2) is 69.1 Å². The van der Waals surface area contributed by atoms with Gasteiger partial charge in [-0.3, -0.25) is 14.2 Å². The number of imidazole rings is 1. The predicted octanol–water partition coefficient (Wildman–Crippen LogP) is 2.63. The molecule has 1 aliphatic rings. The SMILES string of the molecule is CCn1ncc(-c2nc3c(OC4CCN(C(=O)c5cnn(C(C)C)c5)C4)ncnc3n2C)c1C. The predicted molar refractivity (Wildman–Crippen MR) is 125 cm³/mol. The quantitative estimate of drug-likeness (QED) is 0.432. The first-order valence-electron chi connectivity index (χ1n) is 11.6. The first-order chi connectivity index (χ1) is 16.4. The molecule has 4 aromatic rings. The van der Waals surface area contributed by atoms with Gasteiger partial charge in [-0.05, 0) is 27.7 Å². The fourth-order valence-corrected chi connectivity index (χ4v) is 4.37. The molecule has 0 saturated carbocycles. The second-order valence-electron chi connectivity index (χ2n) is 8.89. The van der Waals surface area contributed by atoms with Gasteiger partial charge in [-0.2, -0.15) is 15.2 Å². The summed E-state index contributed by atoms with van der Waals surface area (Å²) in [5.41, 5.74) is 3.88. The van der Waals surface area contributed by atoms with Crippen LogP contribution in [0.5, 0.6) is 5.88 Å². The Morgan fingerprint density at radius 3 is 2.76 bits per heavy atom. The van der Waals surface area contributed by atoms with Crippen molar-refractivity contribution in [3.05, 3.63) is 36.2 Å². The summed E-state index contributed by atoms with van der Waals surface area (Å²) < 4.78 is 11.9. The number of likely N-dealkylation sites (tertiary alicyclic amines) is 1. The zero-order valence-corrected chi connectivity index (χ0v) is 20.1. The van der Waals surface area contributed by atoms with Crippen molar-refractivity contribution in [2.24, 2.45) is 7.05 Å². The van der Waals surface area contributed by atoms with Crippen LogP contribution in [0.3, 0.4) is 0 Å². The van der Waals surface area contributed by atoms with Crippen molar-refractivity contribution < 1.29 is 9.53 Å². The van der Waals surface area contributed by atoms with E-state index in [9.17, 15) is 4.79 Å². The minimum Gasteiger partial charge on any atom is -0.471 e. The van der Waals surface area contributed by atoms with Crippen LogP contribution in [0, 0.1) is 6.92 Å². The summed E-state index contributed by atoms with van der Waals surface area (Å²) in [6.07, 6.45) is 7.30. The number of aryl methyl sites for hydroxylation is 2. The molecule has 11 nitrogen and oxygen atoms in total. The molecule has 1 atom stereocenters. The van der Waals surface area contributed by atoms with Crippen LogP contribution in [0.15, 0.2) is 24.9 Å². The van der Waals surface area contributed by atoms with Gasteiger partial charge >= 0.3 is 0 Å². The maximum absolute atomic E-state index is 12.9. The van der Waals surface area contributed by atoms with E-state index in [0.29, 0.717) is 35.7 Å². The van der Waals surface area contributed by atoms with Gasteiger partial charge in [0.25, 0.3) is 5.91 Å². The number of carbonyl (C=O) groups excluding carboxylic acids is 1. The highest BCUT2D eigenvalue weighted by molar-refractivity contribution is 5.94. The second-order valence-corrected chi connectivity index (χ2v) is 8.89. The largest absolute Gasteiger partial charge is 0.471 e. The number of nitrogens with zero attached hydrogens (tertiary/aromatic N) is 9. The van der Waals surface area contributed by atoms with Crippen molar-refractivity contribution in [1.82, 2.24) is 44.0 Å². The average Bonchev–Trinajstić information content (AvgIpc) is 3.61. The molecule has 1 saturated heterocycles. The van der Waals surface area contributed by atoms with E-state index in [0.717, 1.165) is 30.0 Å². The lowest BCUT2D eigenvalue weighted by Crippen LogP contribution is -2.30. The molecule has 178 valence electrons. The Bertz CT molecular complexity index is 1350. The highest BCUT2D eigenvalue weighted by Gasteiger charge is 2.30. The Labute approximate surface area is 197 Å². The number of amides is 1. The second kappa shape index (κ2) is 8.54. The van der Waals surface area contributed by atoms with E-state index in [2.05, 4.69) is 27.1 Å². The van der Waals surface area contributed by atoms with Crippen molar-refractivity contribution in [3.8, 4) is 17.3 Å². The van der Waals surface area contributed by atoms with Crippen LogP contribution in [0.2, 0.25) is 0 Å². The van der Waals surface area contributed by atoms with Crippen LogP contribution in [0.4, 0.5) is 0 Å². The summed E-state index contributed by atoms with van der Waals surface area (Å²) in [6.45, 7) is 10.0. The first-order valence-corrected chi connectivity index (χ1v) is 11.6. The molecule has 34 heavy (non-hydrogen) atoms. The van der Waals surface area contributed by atoms with Gasteiger partial charge in [-0.25, -0.2) is 9.97 Å². The van der Waals surface area contributed by atoms with Gasteiger partial charge in [0.05, 0.1) is 30.1 Å². The van der Waals surface area contributed by atoms with Gasteiger partial charge in [0.1, 0.15) is 18.3 Å². The maximum atomic E-state index is 12.9. The summed E-state index contributed by atoms with van der Waals surface area (Å²) in [6, 6.07) is 0.208. The standard InChI is InChI=1S/C23H29N9O2/c1-6-31-15(4)18(10-27-31)20-28-19-21(29(20)5)24-13-25-22(19)34-17-7-8-30(12-17)23(33)16-9-26-32(11-16)14(2)3/h9-11,13-14,17H,6-8,12H2,1-5H3. The molecule has 0 aromatic carbocycles. The minimum absolute atomic E-state index is 0.0330. The summed E-state index contributed by atoms with van der Waals surface area (Å²) in [5.74, 6) is 1.16. The van der Waals surface area contributed by atoms with E-state index in [1.54, 1.807) is 22.0 Å². The van der Waals surface area contributed by atoms with Gasteiger partial charge in [0.2, 0.25) is 5.88 Å². The molecular formula is C23H29N9O2. The zero-order chi connectivity index (χ0) is 24.0. The molecule has 1 aliphatic heterocycles.